The molecular weight excluding hydrogens is 302 g/mol. The van der Waals surface area contributed by atoms with Crippen LogP contribution < -0.4 is 5.73 Å². The van der Waals surface area contributed by atoms with Crippen LogP contribution in [0.2, 0.25) is 0 Å². The third kappa shape index (κ3) is 5.18. The number of nitrogens with two attached hydrogens (primary N) is 1. The van der Waals surface area contributed by atoms with E-state index in [1.165, 1.54) is 20.8 Å². The van der Waals surface area contributed by atoms with Crippen molar-refractivity contribution in [2.24, 2.45) is 5.73 Å². The first-order valence-electron chi connectivity index (χ1n) is 6.29. The lowest BCUT2D eigenvalue weighted by Gasteiger charge is -2.42. The minimum atomic E-state index is -0.922. The summed E-state index contributed by atoms with van der Waals surface area (Å²) in [6, 6.07) is -0.852. The fraction of sp³-hybridized carbons (Fsp3) is 0.750. The summed E-state index contributed by atoms with van der Waals surface area (Å²) in [7, 11) is 0. The standard InChI is InChI=1S/C12H19NO7S/c1-5(14)17-4-8-10(18-6(2)15)9(13)11(12(21)20-8)19-7(3)16/h8-12,21H,4,13H2,1-3H3/t8-,9+,10+,11-,12-/m1/s1. The maximum atomic E-state index is 11.2. The Kier molecular flexibility index (Phi) is 6.43. The predicted octanol–water partition coefficient (Wildman–Crippen LogP) is -0.605. The molecule has 5 atom stereocenters. The van der Waals surface area contributed by atoms with E-state index in [0.29, 0.717) is 0 Å². The van der Waals surface area contributed by atoms with Gasteiger partial charge in [-0.1, -0.05) is 0 Å². The maximum Gasteiger partial charge on any atom is 0.303 e. The van der Waals surface area contributed by atoms with Crippen LogP contribution in [0, 0.1) is 0 Å². The van der Waals surface area contributed by atoms with Crippen molar-refractivity contribution in [3.8, 4) is 0 Å². The van der Waals surface area contributed by atoms with Gasteiger partial charge in [-0.25, -0.2) is 0 Å². The molecule has 0 radical (unpaired) electrons. The summed E-state index contributed by atoms with van der Waals surface area (Å²) in [5, 5.41) is 0. The van der Waals surface area contributed by atoms with Crippen LogP contribution in [0.4, 0.5) is 0 Å². The largest absolute Gasteiger partial charge is 0.463 e. The molecule has 0 amide bonds. The van der Waals surface area contributed by atoms with Crippen molar-refractivity contribution >= 4 is 30.5 Å². The summed E-state index contributed by atoms with van der Waals surface area (Å²) in [6.45, 7) is 3.52. The quantitative estimate of drug-likeness (QED) is 0.401. The number of thiol groups is 1. The highest BCUT2D eigenvalue weighted by Crippen LogP contribution is 2.27. The second-order valence-corrected chi connectivity index (χ2v) is 5.10. The first kappa shape index (κ1) is 17.7. The first-order valence-corrected chi connectivity index (χ1v) is 6.81. The van der Waals surface area contributed by atoms with E-state index in [-0.39, 0.29) is 6.61 Å². The summed E-state index contributed by atoms with van der Waals surface area (Å²) in [6.07, 6.45) is -2.60. The number of ether oxygens (including phenoxy) is 4. The van der Waals surface area contributed by atoms with Gasteiger partial charge in [0.25, 0.3) is 0 Å². The van der Waals surface area contributed by atoms with Crippen molar-refractivity contribution in [3.63, 3.8) is 0 Å². The molecule has 0 saturated carbocycles. The zero-order valence-electron chi connectivity index (χ0n) is 12.0. The van der Waals surface area contributed by atoms with Gasteiger partial charge in [0.05, 0.1) is 6.04 Å². The third-order valence-electron chi connectivity index (χ3n) is 2.78. The van der Waals surface area contributed by atoms with Gasteiger partial charge in [0.2, 0.25) is 0 Å². The second kappa shape index (κ2) is 7.62. The Bertz CT molecular complexity index is 414. The fourth-order valence-corrected chi connectivity index (χ4v) is 2.38. The molecule has 2 N–H and O–H groups in total. The molecule has 21 heavy (non-hydrogen) atoms. The smallest absolute Gasteiger partial charge is 0.303 e. The molecule has 1 aliphatic heterocycles. The van der Waals surface area contributed by atoms with E-state index in [1.807, 2.05) is 0 Å². The average molecular weight is 321 g/mol. The lowest BCUT2D eigenvalue weighted by atomic mass is 9.97. The van der Waals surface area contributed by atoms with Gasteiger partial charge < -0.3 is 24.7 Å². The molecule has 1 fully saturated rings. The summed E-state index contributed by atoms with van der Waals surface area (Å²) in [4.78, 5) is 33.2. The second-order valence-electron chi connectivity index (χ2n) is 4.59. The number of esters is 3. The number of carbonyl (C=O) groups is 3. The molecular formula is C12H19NO7S. The van der Waals surface area contributed by atoms with Gasteiger partial charge in [0.1, 0.15) is 24.3 Å². The highest BCUT2D eigenvalue weighted by Gasteiger charge is 2.47. The molecule has 0 unspecified atom stereocenters. The van der Waals surface area contributed by atoms with E-state index >= 15 is 0 Å². The van der Waals surface area contributed by atoms with Gasteiger partial charge in [-0.05, 0) is 0 Å². The molecule has 0 aromatic rings. The van der Waals surface area contributed by atoms with Crippen LogP contribution in [0.5, 0.6) is 0 Å². The molecule has 1 aliphatic rings. The van der Waals surface area contributed by atoms with Crippen LogP contribution in [0.1, 0.15) is 20.8 Å². The van der Waals surface area contributed by atoms with Crippen LogP contribution in [0.25, 0.3) is 0 Å². The summed E-state index contributed by atoms with van der Waals surface area (Å²) < 4.78 is 20.5. The monoisotopic (exact) mass is 321 g/mol. The van der Waals surface area contributed by atoms with Crippen molar-refractivity contribution in [2.45, 2.75) is 50.6 Å². The third-order valence-corrected chi connectivity index (χ3v) is 3.19. The van der Waals surface area contributed by atoms with Crippen LogP contribution in [-0.4, -0.2) is 54.3 Å². The minimum absolute atomic E-state index is 0.148. The lowest BCUT2D eigenvalue weighted by Crippen LogP contribution is -2.63. The van der Waals surface area contributed by atoms with Gasteiger partial charge >= 0.3 is 17.9 Å². The zero-order chi connectivity index (χ0) is 16.2. The van der Waals surface area contributed by atoms with E-state index in [2.05, 4.69) is 12.6 Å². The molecule has 1 rings (SSSR count). The molecule has 0 bridgehead atoms. The minimum Gasteiger partial charge on any atom is -0.463 e. The van der Waals surface area contributed by atoms with Crippen LogP contribution in [0.3, 0.4) is 0 Å². The van der Waals surface area contributed by atoms with Crippen molar-refractivity contribution in [1.82, 2.24) is 0 Å². The van der Waals surface area contributed by atoms with Crippen molar-refractivity contribution in [3.05, 3.63) is 0 Å². The van der Waals surface area contributed by atoms with Crippen LogP contribution in [-0.2, 0) is 33.3 Å². The normalized spacial score (nSPS) is 32.1. The molecule has 120 valence electrons. The Morgan fingerprint density at radius 1 is 1.05 bits per heavy atom. The molecule has 9 heteroatoms. The zero-order valence-corrected chi connectivity index (χ0v) is 12.9. The molecule has 1 heterocycles. The van der Waals surface area contributed by atoms with E-state index in [1.54, 1.807) is 0 Å². The number of rotatable bonds is 4. The predicted molar refractivity (Wildman–Crippen MR) is 73.4 cm³/mol. The Morgan fingerprint density at radius 3 is 2.05 bits per heavy atom. The van der Waals surface area contributed by atoms with Crippen LogP contribution >= 0.6 is 12.6 Å². The summed E-state index contributed by atoms with van der Waals surface area (Å²) in [5.74, 6) is -1.64. The number of hydrogen-bond donors (Lipinski definition) is 2. The topological polar surface area (TPSA) is 114 Å². The lowest BCUT2D eigenvalue weighted by molar-refractivity contribution is -0.200. The van der Waals surface area contributed by atoms with E-state index in [9.17, 15) is 14.4 Å². The van der Waals surface area contributed by atoms with Gasteiger partial charge in [-0.2, -0.15) is 0 Å². The van der Waals surface area contributed by atoms with Crippen molar-refractivity contribution in [2.75, 3.05) is 6.61 Å². The van der Waals surface area contributed by atoms with E-state index in [0.717, 1.165) is 0 Å². The number of carbonyl (C=O) groups excluding carboxylic acids is 3. The van der Waals surface area contributed by atoms with E-state index in [4.69, 9.17) is 24.7 Å². The van der Waals surface area contributed by atoms with Gasteiger partial charge in [-0.3, -0.25) is 14.4 Å². The first-order chi connectivity index (χ1) is 9.72. The van der Waals surface area contributed by atoms with Gasteiger partial charge in [0, 0.05) is 20.8 Å². The Hall–Kier alpha value is -1.32. The fourth-order valence-electron chi connectivity index (χ4n) is 1.97. The van der Waals surface area contributed by atoms with Gasteiger partial charge in [-0.15, -0.1) is 12.6 Å². The Morgan fingerprint density at radius 2 is 1.57 bits per heavy atom. The summed E-state index contributed by atoms with van der Waals surface area (Å²) in [5.41, 5.74) is 5.16. The van der Waals surface area contributed by atoms with E-state index < -0.39 is 47.7 Å². The molecule has 0 aliphatic carbocycles. The molecule has 8 nitrogen and oxygen atoms in total. The molecule has 0 aromatic carbocycles. The molecule has 1 saturated heterocycles. The Balaban J connectivity index is 2.86. The maximum absolute atomic E-state index is 11.2. The van der Waals surface area contributed by atoms with Crippen molar-refractivity contribution in [1.29, 1.82) is 0 Å². The van der Waals surface area contributed by atoms with Gasteiger partial charge in [0.15, 0.2) is 6.10 Å². The summed E-state index contributed by atoms with van der Waals surface area (Å²) >= 11 is 4.16. The Labute approximate surface area is 127 Å². The molecule has 0 aromatic heterocycles. The average Bonchev–Trinajstić information content (AvgIpc) is 2.35. The number of hydrogen-bond acceptors (Lipinski definition) is 9. The SMILES string of the molecule is CC(=O)OC[C@H]1O[C@H](S)[C@H](OC(C)=O)[C@@H](N)[C@H]1OC(C)=O. The highest BCUT2D eigenvalue weighted by molar-refractivity contribution is 7.80. The van der Waals surface area contributed by atoms with Crippen LogP contribution in [0.15, 0.2) is 0 Å². The van der Waals surface area contributed by atoms with Crippen molar-refractivity contribution < 1.29 is 33.3 Å². The highest BCUT2D eigenvalue weighted by atomic mass is 32.1. The molecule has 0 spiro atoms.